The third-order valence-electron chi connectivity index (χ3n) is 5.44. The van der Waals surface area contributed by atoms with Crippen LogP contribution in [0.15, 0.2) is 78.0 Å². The second-order valence-corrected chi connectivity index (χ2v) is 8.89. The topological polar surface area (TPSA) is 116 Å². The van der Waals surface area contributed by atoms with Crippen LogP contribution in [0.5, 0.6) is 0 Å². The predicted molar refractivity (Wildman–Crippen MR) is 123 cm³/mol. The summed E-state index contributed by atoms with van der Waals surface area (Å²) in [6.45, 7) is 1.63. The zero-order valence-corrected chi connectivity index (χ0v) is 22.0. The molecule has 8 nitrogen and oxygen atoms in total. The molecule has 0 radical (unpaired) electrons. The summed E-state index contributed by atoms with van der Waals surface area (Å²) in [6, 6.07) is 16.7. The number of aliphatic carboxylic acids is 1. The Morgan fingerprint density at radius 1 is 1.11 bits per heavy atom. The number of thioether (sulfide) groups is 1. The summed E-state index contributed by atoms with van der Waals surface area (Å²) >= 11 is 1.35. The van der Waals surface area contributed by atoms with E-state index < -0.39 is 41.3 Å². The minimum Gasteiger partial charge on any atom is -0.543 e. The van der Waals surface area contributed by atoms with Gasteiger partial charge in [0.2, 0.25) is 6.10 Å². The van der Waals surface area contributed by atoms with Gasteiger partial charge in [0.15, 0.2) is 0 Å². The third-order valence-corrected chi connectivity index (χ3v) is 6.86. The van der Waals surface area contributed by atoms with Crippen molar-refractivity contribution in [3.05, 3.63) is 89.1 Å². The molecule has 1 saturated heterocycles. The van der Waals surface area contributed by atoms with Gasteiger partial charge in [0.1, 0.15) is 11.4 Å². The number of hydrogen-bond donors (Lipinski definition) is 1. The summed E-state index contributed by atoms with van der Waals surface area (Å²) in [5, 5.41) is 13.5. The molecule has 1 fully saturated rings. The van der Waals surface area contributed by atoms with Crippen molar-refractivity contribution in [3.63, 3.8) is 0 Å². The number of amides is 2. The van der Waals surface area contributed by atoms with E-state index in [4.69, 9.17) is 4.74 Å². The van der Waals surface area contributed by atoms with Crippen LogP contribution >= 0.6 is 11.8 Å². The molecule has 2 aliphatic rings. The molecule has 2 unspecified atom stereocenters. The zero-order valence-electron chi connectivity index (χ0n) is 19.2. The molecule has 174 valence electrons. The monoisotopic (exact) mass is 500 g/mol. The summed E-state index contributed by atoms with van der Waals surface area (Å²) in [4.78, 5) is 50.9. The van der Waals surface area contributed by atoms with Crippen LogP contribution in [-0.2, 0) is 23.9 Å². The van der Waals surface area contributed by atoms with E-state index in [0.717, 1.165) is 10.5 Å². The van der Waals surface area contributed by atoms with Crippen LogP contribution in [0.3, 0.4) is 0 Å². The number of ether oxygens (including phenoxy) is 1. The third kappa shape index (κ3) is 5.87. The molecule has 0 saturated carbocycles. The number of β-lactam (4-membered cyclic amide) rings is 1. The molecule has 10 heteroatoms. The summed E-state index contributed by atoms with van der Waals surface area (Å²) < 4.78 is 5.45. The predicted octanol–water partition coefficient (Wildman–Crippen LogP) is -1.59. The summed E-state index contributed by atoms with van der Waals surface area (Å²) in [6.07, 6.45) is 1.51. The number of carbonyl (C=O) groups is 4. The van der Waals surface area contributed by atoms with Gasteiger partial charge in [-0.3, -0.25) is 14.5 Å². The van der Waals surface area contributed by atoms with Crippen molar-refractivity contribution in [3.8, 4) is 0 Å². The van der Waals surface area contributed by atoms with Gasteiger partial charge in [0.05, 0.1) is 11.7 Å². The Bertz CT molecular complexity index is 1180. The van der Waals surface area contributed by atoms with Crippen LogP contribution in [0.4, 0.5) is 0 Å². The molecule has 0 spiro atoms. The molecule has 3 atom stereocenters. The van der Waals surface area contributed by atoms with E-state index in [9.17, 15) is 24.3 Å². The van der Waals surface area contributed by atoms with E-state index in [1.165, 1.54) is 17.8 Å². The van der Waals surface area contributed by atoms with Crippen LogP contribution in [0.1, 0.15) is 24.2 Å². The molecular formula is C25H21N2NaO6S. The second-order valence-electron chi connectivity index (χ2n) is 7.78. The number of carboxylic acid groups (broad SMARTS) is 1. The Hall–Kier alpha value is -2.85. The maximum Gasteiger partial charge on any atom is 1.00 e. The first kappa shape index (κ1) is 26.7. The minimum atomic E-state index is -1.43. The Morgan fingerprint density at radius 3 is 2.37 bits per heavy atom. The summed E-state index contributed by atoms with van der Waals surface area (Å²) in [7, 11) is 0. The van der Waals surface area contributed by atoms with Gasteiger partial charge in [-0.25, -0.2) is 4.79 Å². The number of rotatable bonds is 7. The number of nitrogens with zero attached hydrogens (tertiary/aromatic N) is 1. The van der Waals surface area contributed by atoms with Gasteiger partial charge < -0.3 is 20.0 Å². The number of fused-ring (bicyclic) bond motifs is 1. The van der Waals surface area contributed by atoms with E-state index >= 15 is 0 Å². The first-order valence-corrected chi connectivity index (χ1v) is 11.6. The number of benzene rings is 2. The number of esters is 1. The van der Waals surface area contributed by atoms with E-state index in [2.05, 4.69) is 5.32 Å². The van der Waals surface area contributed by atoms with Gasteiger partial charge in [-0.15, -0.1) is 11.8 Å². The fraction of sp³-hybridized carbons (Fsp3) is 0.200. The summed E-state index contributed by atoms with van der Waals surface area (Å²) in [5.74, 6) is -2.98. The maximum atomic E-state index is 13.1. The van der Waals surface area contributed by atoms with Gasteiger partial charge in [0.25, 0.3) is 11.8 Å². The first-order valence-electron chi connectivity index (χ1n) is 10.5. The molecule has 0 bridgehead atoms. The van der Waals surface area contributed by atoms with E-state index in [-0.39, 0.29) is 35.3 Å². The number of hydrogen-bond acceptors (Lipinski definition) is 7. The maximum absolute atomic E-state index is 13.1. The van der Waals surface area contributed by atoms with Crippen molar-refractivity contribution < 1.29 is 58.6 Å². The first-order chi connectivity index (χ1) is 16.4. The molecule has 0 aromatic heterocycles. The van der Waals surface area contributed by atoms with E-state index in [1.807, 2.05) is 30.3 Å². The van der Waals surface area contributed by atoms with Crippen molar-refractivity contribution in [1.29, 1.82) is 0 Å². The molecule has 1 N–H and O–H groups in total. The van der Waals surface area contributed by atoms with Gasteiger partial charge in [-0.1, -0.05) is 60.7 Å². The van der Waals surface area contributed by atoms with Crippen molar-refractivity contribution in [2.24, 2.45) is 0 Å². The molecular weight excluding hydrogens is 479 g/mol. The molecule has 35 heavy (non-hydrogen) atoms. The minimum absolute atomic E-state index is 0. The number of carboxylic acids is 1. The van der Waals surface area contributed by atoms with Crippen LogP contribution < -0.4 is 40.0 Å². The molecule has 4 rings (SSSR count). The Labute approximate surface area is 228 Å². The largest absolute Gasteiger partial charge is 1.00 e. The fourth-order valence-corrected chi connectivity index (χ4v) is 5.07. The van der Waals surface area contributed by atoms with Gasteiger partial charge in [-0.2, -0.15) is 0 Å². The normalized spacial score (nSPS) is 19.8. The Kier molecular flexibility index (Phi) is 8.96. The van der Waals surface area contributed by atoms with Crippen LogP contribution in [-0.4, -0.2) is 45.8 Å². The van der Waals surface area contributed by atoms with E-state index in [0.29, 0.717) is 16.9 Å². The molecule has 2 aromatic carbocycles. The average Bonchev–Trinajstić information content (AvgIpc) is 2.85. The van der Waals surface area contributed by atoms with Crippen molar-refractivity contribution in [1.82, 2.24) is 10.2 Å². The smallest absolute Gasteiger partial charge is 0.543 e. The van der Waals surface area contributed by atoms with Gasteiger partial charge in [0, 0.05) is 17.4 Å². The van der Waals surface area contributed by atoms with Crippen molar-refractivity contribution in [2.75, 3.05) is 5.75 Å². The Balaban J connectivity index is 0.00000342. The van der Waals surface area contributed by atoms with Gasteiger partial charge >= 0.3 is 35.5 Å². The van der Waals surface area contributed by atoms with Crippen molar-refractivity contribution >= 4 is 41.6 Å². The zero-order chi connectivity index (χ0) is 24.2. The number of nitrogens with one attached hydrogen (secondary N) is 1. The second kappa shape index (κ2) is 11.7. The fourth-order valence-electron chi connectivity index (χ4n) is 3.78. The van der Waals surface area contributed by atoms with Crippen LogP contribution in [0.2, 0.25) is 0 Å². The average molecular weight is 501 g/mol. The van der Waals surface area contributed by atoms with E-state index in [1.54, 1.807) is 43.3 Å². The molecule has 0 aliphatic carbocycles. The van der Waals surface area contributed by atoms with Crippen LogP contribution in [0.25, 0.3) is 6.08 Å². The molecule has 2 amide bonds. The Morgan fingerprint density at radius 2 is 1.74 bits per heavy atom. The molecule has 2 aromatic rings. The van der Waals surface area contributed by atoms with Crippen molar-refractivity contribution in [2.45, 2.75) is 24.4 Å². The number of carbonyl (C=O) groups excluding carboxylic acids is 4. The molecule has 2 heterocycles. The molecule has 2 aliphatic heterocycles. The van der Waals surface area contributed by atoms with Crippen LogP contribution in [0, 0.1) is 0 Å². The standard InChI is InChI=1S/C25H22N2O6S.Na/c1-15-14-34-24-19(23(30)27(24)20(15)25(31)32)26-22(29)21(17-10-6-3-7-11-17)33-18(28)13-12-16-8-4-2-5-9-16;/h2-13,19,21,24H,14H2,1H3,(H,26,29)(H,31,32);/q;+1/p-1/b13-12+;/t19?,21?,24-;/m1./s1. The SMILES string of the molecule is CC1=C(C(=O)[O-])N2C(=O)C(NC(=O)C(OC(=O)/C=C/c3ccccc3)c3ccccc3)[C@H]2SC1.[Na+]. The van der Waals surface area contributed by atoms with Gasteiger partial charge in [-0.05, 0) is 24.1 Å². The quantitative estimate of drug-likeness (QED) is 0.211. The summed E-state index contributed by atoms with van der Waals surface area (Å²) in [5.41, 5.74) is 1.60.